The van der Waals surface area contributed by atoms with E-state index in [1.54, 1.807) is 4.90 Å². The van der Waals surface area contributed by atoms with Gasteiger partial charge in [0.25, 0.3) is 0 Å². The van der Waals surface area contributed by atoms with Crippen LogP contribution in [0.4, 0.5) is 0 Å². The summed E-state index contributed by atoms with van der Waals surface area (Å²) in [5.74, 6) is -0.456. The van der Waals surface area contributed by atoms with Crippen molar-refractivity contribution in [3.8, 4) is 0 Å². The zero-order valence-corrected chi connectivity index (χ0v) is 8.46. The smallest absolute Gasteiger partial charge is 0.246 e. The molecule has 2 heterocycles. The number of β-amino-alcohol motifs (C(OH)–C–C–N with tert-alkyl or cyclic N) is 2. The summed E-state index contributed by atoms with van der Waals surface area (Å²) in [5, 5.41) is 18.7. The lowest BCUT2D eigenvalue weighted by atomic mass is 10.2. The molecule has 2 aliphatic heterocycles. The van der Waals surface area contributed by atoms with Crippen LogP contribution in [0.15, 0.2) is 0 Å². The minimum atomic E-state index is -0.821. The van der Waals surface area contributed by atoms with Crippen molar-refractivity contribution in [3.63, 3.8) is 0 Å². The number of aliphatic hydroxyl groups excluding tert-OH is 2. The number of amides is 2. The lowest BCUT2D eigenvalue weighted by molar-refractivity contribution is -0.138. The highest BCUT2D eigenvalue weighted by Gasteiger charge is 2.44. The van der Waals surface area contributed by atoms with Gasteiger partial charge in [-0.2, -0.15) is 0 Å². The van der Waals surface area contributed by atoms with Gasteiger partial charge in [-0.15, -0.1) is 0 Å². The molecule has 3 unspecified atom stereocenters. The van der Waals surface area contributed by atoms with Gasteiger partial charge in [-0.1, -0.05) is 0 Å². The van der Waals surface area contributed by atoms with Crippen molar-refractivity contribution in [2.45, 2.75) is 24.7 Å². The van der Waals surface area contributed by atoms with Crippen molar-refractivity contribution in [3.05, 3.63) is 0 Å². The maximum Gasteiger partial charge on any atom is 0.246 e. The number of carbonyl (C=O) groups excluding carboxylic acids is 2. The second-order valence-electron chi connectivity index (χ2n) is 4.10. The molecule has 0 spiro atoms. The topological polar surface area (TPSA) is 81.1 Å². The lowest BCUT2D eigenvalue weighted by Crippen LogP contribution is -2.40. The zero-order valence-electron chi connectivity index (χ0n) is 8.46. The summed E-state index contributed by atoms with van der Waals surface area (Å²) >= 11 is 0. The standard InChI is InChI=1S/C9H14N2O4/c1-10-8(14)2-5(9(10)15)11-3-6(12)7(13)4-11/h5-7,12-13H,2-4H2,1H3. The van der Waals surface area contributed by atoms with Crippen LogP contribution in [0.25, 0.3) is 0 Å². The molecule has 84 valence electrons. The second-order valence-corrected chi connectivity index (χ2v) is 4.10. The van der Waals surface area contributed by atoms with E-state index < -0.39 is 18.2 Å². The van der Waals surface area contributed by atoms with E-state index in [0.29, 0.717) is 0 Å². The predicted molar refractivity (Wildman–Crippen MR) is 49.8 cm³/mol. The Morgan fingerprint density at radius 1 is 1.20 bits per heavy atom. The van der Waals surface area contributed by atoms with E-state index in [-0.39, 0.29) is 31.3 Å². The van der Waals surface area contributed by atoms with Gasteiger partial charge < -0.3 is 10.2 Å². The molecule has 0 radical (unpaired) electrons. The third-order valence-electron chi connectivity index (χ3n) is 3.09. The maximum atomic E-state index is 11.6. The van der Waals surface area contributed by atoms with Gasteiger partial charge in [0, 0.05) is 20.1 Å². The van der Waals surface area contributed by atoms with Gasteiger partial charge >= 0.3 is 0 Å². The molecule has 2 rings (SSSR count). The Bertz CT molecular complexity index is 296. The SMILES string of the molecule is CN1C(=O)CC(N2CC(O)C(O)C2)C1=O. The van der Waals surface area contributed by atoms with Crippen molar-refractivity contribution >= 4 is 11.8 Å². The first kappa shape index (κ1) is 10.5. The van der Waals surface area contributed by atoms with E-state index in [4.69, 9.17) is 0 Å². The summed E-state index contributed by atoms with van der Waals surface area (Å²) in [4.78, 5) is 25.6. The van der Waals surface area contributed by atoms with Gasteiger partial charge in [0.2, 0.25) is 11.8 Å². The summed E-state index contributed by atoms with van der Waals surface area (Å²) in [5.41, 5.74) is 0. The van der Waals surface area contributed by atoms with Crippen LogP contribution in [0.1, 0.15) is 6.42 Å². The van der Waals surface area contributed by atoms with Crippen LogP contribution in [0.5, 0.6) is 0 Å². The normalized spacial score (nSPS) is 38.1. The van der Waals surface area contributed by atoms with E-state index in [2.05, 4.69) is 0 Å². The fraction of sp³-hybridized carbons (Fsp3) is 0.778. The molecule has 0 aromatic rings. The molecule has 0 saturated carbocycles. The molecule has 15 heavy (non-hydrogen) atoms. The Morgan fingerprint density at radius 2 is 1.73 bits per heavy atom. The van der Waals surface area contributed by atoms with E-state index in [0.717, 1.165) is 4.90 Å². The third-order valence-corrected chi connectivity index (χ3v) is 3.09. The van der Waals surface area contributed by atoms with Gasteiger partial charge in [0.1, 0.15) is 0 Å². The first-order valence-corrected chi connectivity index (χ1v) is 4.91. The number of hydrogen-bond acceptors (Lipinski definition) is 5. The van der Waals surface area contributed by atoms with Crippen molar-refractivity contribution in [2.24, 2.45) is 0 Å². The van der Waals surface area contributed by atoms with E-state index in [1.165, 1.54) is 7.05 Å². The Kier molecular flexibility index (Phi) is 2.49. The number of rotatable bonds is 1. The summed E-state index contributed by atoms with van der Waals surface area (Å²) in [7, 11) is 1.45. The Morgan fingerprint density at radius 3 is 2.13 bits per heavy atom. The van der Waals surface area contributed by atoms with Crippen molar-refractivity contribution in [1.82, 2.24) is 9.80 Å². The zero-order chi connectivity index (χ0) is 11.2. The molecular formula is C9H14N2O4. The summed E-state index contributed by atoms with van der Waals surface area (Å²) < 4.78 is 0. The van der Waals surface area contributed by atoms with E-state index in [9.17, 15) is 19.8 Å². The molecule has 2 aliphatic rings. The average Bonchev–Trinajstić information content (AvgIpc) is 2.63. The quantitative estimate of drug-likeness (QED) is 0.483. The van der Waals surface area contributed by atoms with Crippen LogP contribution in [0.2, 0.25) is 0 Å². The first-order chi connectivity index (χ1) is 7.00. The Hall–Kier alpha value is -0.980. The van der Waals surface area contributed by atoms with E-state index in [1.807, 2.05) is 0 Å². The minimum absolute atomic E-state index is 0.148. The average molecular weight is 214 g/mol. The van der Waals surface area contributed by atoms with Gasteiger partial charge in [-0.05, 0) is 0 Å². The van der Waals surface area contributed by atoms with E-state index >= 15 is 0 Å². The number of carbonyl (C=O) groups is 2. The molecule has 0 bridgehead atoms. The summed E-state index contributed by atoms with van der Waals surface area (Å²) in [6.07, 6.45) is -1.49. The van der Waals surface area contributed by atoms with Crippen molar-refractivity contribution in [1.29, 1.82) is 0 Å². The fourth-order valence-corrected chi connectivity index (χ4v) is 2.07. The number of aliphatic hydroxyl groups is 2. The molecule has 0 aromatic heterocycles. The number of likely N-dealkylation sites (N-methyl/N-ethyl adjacent to an activating group) is 1. The van der Waals surface area contributed by atoms with Crippen LogP contribution in [0.3, 0.4) is 0 Å². The number of likely N-dealkylation sites (tertiary alicyclic amines) is 2. The molecule has 2 saturated heterocycles. The van der Waals surface area contributed by atoms with Crippen molar-refractivity contribution < 1.29 is 19.8 Å². The first-order valence-electron chi connectivity index (χ1n) is 4.91. The molecule has 2 amide bonds. The number of hydrogen-bond donors (Lipinski definition) is 2. The third kappa shape index (κ3) is 1.64. The van der Waals surface area contributed by atoms with Crippen molar-refractivity contribution in [2.75, 3.05) is 20.1 Å². The number of imide groups is 1. The molecule has 6 nitrogen and oxygen atoms in total. The molecule has 6 heteroatoms. The second kappa shape index (κ2) is 3.55. The minimum Gasteiger partial charge on any atom is -0.389 e. The van der Waals surface area contributed by atoms with Gasteiger partial charge in [0.15, 0.2) is 0 Å². The molecule has 0 aromatic carbocycles. The largest absolute Gasteiger partial charge is 0.389 e. The van der Waals surface area contributed by atoms with Crippen LogP contribution in [-0.4, -0.2) is 70.2 Å². The van der Waals surface area contributed by atoms with Gasteiger partial charge in [-0.3, -0.25) is 19.4 Å². The maximum absolute atomic E-state index is 11.6. The monoisotopic (exact) mass is 214 g/mol. The molecule has 0 aliphatic carbocycles. The highest BCUT2D eigenvalue weighted by Crippen LogP contribution is 2.21. The molecule has 2 N–H and O–H groups in total. The lowest BCUT2D eigenvalue weighted by Gasteiger charge is -2.20. The Labute approximate surface area is 87.1 Å². The van der Waals surface area contributed by atoms with Crippen LogP contribution >= 0.6 is 0 Å². The van der Waals surface area contributed by atoms with Crippen LogP contribution in [0, 0.1) is 0 Å². The van der Waals surface area contributed by atoms with Gasteiger partial charge in [-0.25, -0.2) is 0 Å². The highest BCUT2D eigenvalue weighted by atomic mass is 16.3. The summed E-state index contributed by atoms with van der Waals surface area (Å²) in [6.45, 7) is 0.497. The van der Waals surface area contributed by atoms with Gasteiger partial charge in [0.05, 0.1) is 24.7 Å². The van der Waals surface area contributed by atoms with Crippen LogP contribution < -0.4 is 0 Å². The molecule has 2 fully saturated rings. The molecular weight excluding hydrogens is 200 g/mol. The molecule has 3 atom stereocenters. The van der Waals surface area contributed by atoms with Crippen LogP contribution in [-0.2, 0) is 9.59 Å². The predicted octanol–water partition coefficient (Wildman–Crippen LogP) is -2.22. The summed E-state index contributed by atoms with van der Waals surface area (Å²) in [6, 6.07) is -0.505. The Balaban J connectivity index is 2.07. The number of nitrogens with zero attached hydrogens (tertiary/aromatic N) is 2. The highest BCUT2D eigenvalue weighted by molar-refractivity contribution is 6.05. The fourth-order valence-electron chi connectivity index (χ4n) is 2.07.